The first kappa shape index (κ1) is 11.0. The molecule has 13 heavy (non-hydrogen) atoms. The summed E-state index contributed by atoms with van der Waals surface area (Å²) in [4.78, 5) is 2.46. The Bertz CT molecular complexity index is 141. The highest BCUT2D eigenvalue weighted by atomic mass is 16.5. The maximum atomic E-state index is 5.89. The van der Waals surface area contributed by atoms with E-state index in [0.29, 0.717) is 6.61 Å². The fourth-order valence-electron chi connectivity index (χ4n) is 2.05. The Morgan fingerprint density at radius 1 is 1.62 bits per heavy atom. The van der Waals surface area contributed by atoms with Crippen molar-refractivity contribution in [2.24, 2.45) is 11.7 Å². The average molecular weight is 186 g/mol. The molecule has 0 aromatic carbocycles. The van der Waals surface area contributed by atoms with E-state index in [1.165, 1.54) is 25.9 Å². The SMILES string of the molecule is COCC(N)CN1CCCC(C)C1. The van der Waals surface area contributed by atoms with Gasteiger partial charge in [0.15, 0.2) is 0 Å². The minimum Gasteiger partial charge on any atom is -0.383 e. The van der Waals surface area contributed by atoms with Gasteiger partial charge in [-0.25, -0.2) is 0 Å². The zero-order chi connectivity index (χ0) is 9.68. The third kappa shape index (κ3) is 4.07. The topological polar surface area (TPSA) is 38.5 Å². The number of piperidine rings is 1. The van der Waals surface area contributed by atoms with Gasteiger partial charge in [-0.05, 0) is 25.3 Å². The largest absolute Gasteiger partial charge is 0.383 e. The van der Waals surface area contributed by atoms with Crippen molar-refractivity contribution in [3.05, 3.63) is 0 Å². The van der Waals surface area contributed by atoms with Gasteiger partial charge in [0.05, 0.1) is 6.61 Å². The Kier molecular flexibility index (Phi) is 4.70. The lowest BCUT2D eigenvalue weighted by Crippen LogP contribution is -2.44. The van der Waals surface area contributed by atoms with Crippen LogP contribution >= 0.6 is 0 Å². The number of hydrogen-bond donors (Lipinski definition) is 1. The smallest absolute Gasteiger partial charge is 0.0626 e. The van der Waals surface area contributed by atoms with E-state index < -0.39 is 0 Å². The maximum Gasteiger partial charge on any atom is 0.0626 e. The molecule has 1 aliphatic rings. The molecule has 1 rings (SSSR count). The summed E-state index contributed by atoms with van der Waals surface area (Å²) < 4.78 is 5.02. The molecule has 0 bridgehead atoms. The van der Waals surface area contributed by atoms with Crippen LogP contribution in [0.25, 0.3) is 0 Å². The molecule has 3 heteroatoms. The molecule has 1 heterocycles. The molecule has 0 saturated carbocycles. The average Bonchev–Trinajstić information content (AvgIpc) is 2.04. The summed E-state index contributed by atoms with van der Waals surface area (Å²) >= 11 is 0. The van der Waals surface area contributed by atoms with Gasteiger partial charge >= 0.3 is 0 Å². The first-order chi connectivity index (χ1) is 6.22. The molecule has 0 spiro atoms. The summed E-state index contributed by atoms with van der Waals surface area (Å²) in [5, 5.41) is 0. The van der Waals surface area contributed by atoms with Gasteiger partial charge in [-0.3, -0.25) is 0 Å². The number of ether oxygens (including phenoxy) is 1. The van der Waals surface area contributed by atoms with E-state index >= 15 is 0 Å². The number of nitrogens with two attached hydrogens (primary N) is 1. The minimum absolute atomic E-state index is 0.176. The molecule has 0 aromatic rings. The van der Waals surface area contributed by atoms with Crippen LogP contribution in [0.1, 0.15) is 19.8 Å². The van der Waals surface area contributed by atoms with Crippen molar-refractivity contribution in [1.29, 1.82) is 0 Å². The number of likely N-dealkylation sites (tertiary alicyclic amines) is 1. The van der Waals surface area contributed by atoms with Crippen LogP contribution in [0.4, 0.5) is 0 Å². The van der Waals surface area contributed by atoms with Gasteiger partial charge < -0.3 is 15.4 Å². The highest BCUT2D eigenvalue weighted by Crippen LogP contribution is 2.15. The maximum absolute atomic E-state index is 5.89. The van der Waals surface area contributed by atoms with Crippen molar-refractivity contribution in [2.45, 2.75) is 25.8 Å². The molecule has 2 unspecified atom stereocenters. The lowest BCUT2D eigenvalue weighted by atomic mass is 10.00. The third-order valence-electron chi connectivity index (χ3n) is 2.61. The lowest BCUT2D eigenvalue weighted by molar-refractivity contribution is 0.130. The van der Waals surface area contributed by atoms with Gasteiger partial charge in [0.2, 0.25) is 0 Å². The highest BCUT2D eigenvalue weighted by molar-refractivity contribution is 4.74. The van der Waals surface area contributed by atoms with Crippen molar-refractivity contribution in [1.82, 2.24) is 4.90 Å². The van der Waals surface area contributed by atoms with E-state index in [-0.39, 0.29) is 6.04 Å². The molecule has 0 aromatic heterocycles. The zero-order valence-corrected chi connectivity index (χ0v) is 8.83. The first-order valence-electron chi connectivity index (χ1n) is 5.19. The Labute approximate surface area is 81.2 Å². The van der Waals surface area contributed by atoms with Gasteiger partial charge in [0, 0.05) is 26.2 Å². The predicted molar refractivity (Wildman–Crippen MR) is 54.7 cm³/mol. The Hall–Kier alpha value is -0.120. The molecule has 1 fully saturated rings. The second-order valence-electron chi connectivity index (χ2n) is 4.22. The molecule has 0 radical (unpaired) electrons. The van der Waals surface area contributed by atoms with Gasteiger partial charge in [-0.2, -0.15) is 0 Å². The van der Waals surface area contributed by atoms with Gasteiger partial charge in [0.1, 0.15) is 0 Å². The molecule has 2 N–H and O–H groups in total. The second kappa shape index (κ2) is 5.58. The van der Waals surface area contributed by atoms with E-state index in [4.69, 9.17) is 10.5 Å². The number of methoxy groups -OCH3 is 1. The normalized spacial score (nSPS) is 27.5. The van der Waals surface area contributed by atoms with Crippen molar-refractivity contribution < 1.29 is 4.74 Å². The number of nitrogens with zero attached hydrogens (tertiary/aromatic N) is 1. The molecule has 0 aliphatic carbocycles. The van der Waals surface area contributed by atoms with Crippen LogP contribution in [0.15, 0.2) is 0 Å². The molecular weight excluding hydrogens is 164 g/mol. The fraction of sp³-hybridized carbons (Fsp3) is 1.00. The van der Waals surface area contributed by atoms with Crippen molar-refractivity contribution >= 4 is 0 Å². The number of rotatable bonds is 4. The van der Waals surface area contributed by atoms with Gasteiger partial charge in [-0.1, -0.05) is 6.92 Å². The van der Waals surface area contributed by atoms with E-state index in [0.717, 1.165) is 12.5 Å². The van der Waals surface area contributed by atoms with E-state index in [1.807, 2.05) is 0 Å². The lowest BCUT2D eigenvalue weighted by Gasteiger charge is -2.32. The Morgan fingerprint density at radius 2 is 2.38 bits per heavy atom. The third-order valence-corrected chi connectivity index (χ3v) is 2.61. The summed E-state index contributed by atoms with van der Waals surface area (Å²) in [5.41, 5.74) is 5.89. The summed E-state index contributed by atoms with van der Waals surface area (Å²) in [5.74, 6) is 0.837. The fourth-order valence-corrected chi connectivity index (χ4v) is 2.05. The monoisotopic (exact) mass is 186 g/mol. The van der Waals surface area contributed by atoms with Crippen LogP contribution < -0.4 is 5.73 Å². The van der Waals surface area contributed by atoms with Crippen molar-refractivity contribution in [3.8, 4) is 0 Å². The van der Waals surface area contributed by atoms with Crippen LogP contribution in [-0.4, -0.2) is 44.3 Å². The molecule has 78 valence electrons. The molecule has 2 atom stereocenters. The van der Waals surface area contributed by atoms with E-state index in [1.54, 1.807) is 7.11 Å². The summed E-state index contributed by atoms with van der Waals surface area (Å²) in [6.07, 6.45) is 2.69. The Balaban J connectivity index is 2.19. The van der Waals surface area contributed by atoms with Crippen LogP contribution in [0.2, 0.25) is 0 Å². The van der Waals surface area contributed by atoms with Crippen LogP contribution in [0.5, 0.6) is 0 Å². The minimum atomic E-state index is 0.176. The molecular formula is C10H22N2O. The second-order valence-corrected chi connectivity index (χ2v) is 4.22. The highest BCUT2D eigenvalue weighted by Gasteiger charge is 2.17. The number of hydrogen-bond acceptors (Lipinski definition) is 3. The first-order valence-corrected chi connectivity index (χ1v) is 5.19. The van der Waals surface area contributed by atoms with Crippen molar-refractivity contribution in [3.63, 3.8) is 0 Å². The Morgan fingerprint density at radius 3 is 3.00 bits per heavy atom. The van der Waals surface area contributed by atoms with Crippen molar-refractivity contribution in [2.75, 3.05) is 33.4 Å². The van der Waals surface area contributed by atoms with Gasteiger partial charge in [0.25, 0.3) is 0 Å². The molecule has 0 amide bonds. The molecule has 1 saturated heterocycles. The van der Waals surface area contributed by atoms with Crippen LogP contribution in [0.3, 0.4) is 0 Å². The predicted octanol–water partition coefficient (Wildman–Crippen LogP) is 0.692. The zero-order valence-electron chi connectivity index (χ0n) is 8.83. The molecule has 3 nitrogen and oxygen atoms in total. The van der Waals surface area contributed by atoms with E-state index in [9.17, 15) is 0 Å². The summed E-state index contributed by atoms with van der Waals surface area (Å²) in [6, 6.07) is 0.176. The standard InChI is InChI=1S/C10H22N2O/c1-9-4-3-5-12(6-9)7-10(11)8-13-2/h9-10H,3-8,11H2,1-2H3. The van der Waals surface area contributed by atoms with E-state index in [2.05, 4.69) is 11.8 Å². The molecule has 1 aliphatic heterocycles. The van der Waals surface area contributed by atoms with Gasteiger partial charge in [-0.15, -0.1) is 0 Å². The van der Waals surface area contributed by atoms with Crippen LogP contribution in [-0.2, 0) is 4.74 Å². The summed E-state index contributed by atoms with van der Waals surface area (Å²) in [6.45, 7) is 6.39. The van der Waals surface area contributed by atoms with Crippen LogP contribution in [0, 0.1) is 5.92 Å². The summed E-state index contributed by atoms with van der Waals surface area (Å²) in [7, 11) is 1.71. The quantitative estimate of drug-likeness (QED) is 0.702.